The number of carbonyl (C=O) groups is 3. The molecule has 3 amide bonds. The van der Waals surface area contributed by atoms with Gasteiger partial charge in [0, 0.05) is 6.42 Å². The number of imide groups is 1. The maximum absolute atomic E-state index is 11.8. The largest absolute Gasteiger partial charge is 0.322 e. The van der Waals surface area contributed by atoms with Crippen LogP contribution < -0.4 is 5.32 Å². The molecule has 0 saturated carbocycles. The first-order valence-electron chi connectivity index (χ1n) is 5.55. The van der Waals surface area contributed by atoms with E-state index in [1.807, 2.05) is 13.8 Å². The molecule has 1 N–H and O–H groups in total. The Kier molecular flexibility index (Phi) is 4.04. The van der Waals surface area contributed by atoms with Gasteiger partial charge in [0.2, 0.25) is 17.7 Å². The minimum absolute atomic E-state index is 0.0101. The van der Waals surface area contributed by atoms with Gasteiger partial charge in [-0.1, -0.05) is 13.8 Å². The van der Waals surface area contributed by atoms with Crippen LogP contribution in [0.25, 0.3) is 0 Å². The lowest BCUT2D eigenvalue weighted by Crippen LogP contribution is -2.58. The van der Waals surface area contributed by atoms with E-state index in [-0.39, 0.29) is 12.5 Å². The molecular weight excluding hydrogens is 208 g/mol. The zero-order valence-corrected chi connectivity index (χ0v) is 9.95. The van der Waals surface area contributed by atoms with Crippen LogP contribution in [0.1, 0.15) is 33.6 Å². The topological polar surface area (TPSA) is 66.5 Å². The van der Waals surface area contributed by atoms with Gasteiger partial charge in [-0.3, -0.25) is 19.7 Å². The highest BCUT2D eigenvalue weighted by molar-refractivity contribution is 6.04. The second-order valence-corrected chi connectivity index (χ2v) is 4.54. The van der Waals surface area contributed by atoms with Gasteiger partial charge in [-0.2, -0.15) is 0 Å². The quantitative estimate of drug-likeness (QED) is 0.704. The SMILES string of the molecule is CC(C)CCC(=O)N1CC(=O)NC(=O)C1C. The Morgan fingerprint density at radius 3 is 2.69 bits per heavy atom. The summed E-state index contributed by atoms with van der Waals surface area (Å²) in [5, 5.41) is 2.21. The fourth-order valence-electron chi connectivity index (χ4n) is 1.57. The highest BCUT2D eigenvalue weighted by Gasteiger charge is 2.32. The molecule has 0 aromatic rings. The van der Waals surface area contributed by atoms with Crippen molar-refractivity contribution in [3.63, 3.8) is 0 Å². The summed E-state index contributed by atoms with van der Waals surface area (Å²) in [6.07, 6.45) is 1.17. The predicted molar refractivity (Wildman–Crippen MR) is 58.4 cm³/mol. The number of nitrogens with one attached hydrogen (secondary N) is 1. The molecule has 1 atom stereocenters. The molecule has 1 rings (SSSR count). The number of piperazine rings is 1. The summed E-state index contributed by atoms with van der Waals surface area (Å²) in [7, 11) is 0. The van der Waals surface area contributed by atoms with Crippen LogP contribution in [0, 0.1) is 5.92 Å². The number of hydrogen-bond donors (Lipinski definition) is 1. The summed E-state index contributed by atoms with van der Waals surface area (Å²) in [5.74, 6) is -0.479. The Morgan fingerprint density at radius 2 is 2.12 bits per heavy atom. The third kappa shape index (κ3) is 3.05. The van der Waals surface area contributed by atoms with Crippen molar-refractivity contribution >= 4 is 17.7 Å². The normalized spacial score (nSPS) is 21.2. The zero-order chi connectivity index (χ0) is 12.3. The molecule has 1 saturated heterocycles. The fraction of sp³-hybridized carbons (Fsp3) is 0.727. The van der Waals surface area contributed by atoms with Crippen molar-refractivity contribution < 1.29 is 14.4 Å². The summed E-state index contributed by atoms with van der Waals surface area (Å²) in [6, 6.07) is -0.544. The van der Waals surface area contributed by atoms with Gasteiger partial charge in [0.05, 0.1) is 0 Å². The second kappa shape index (κ2) is 5.09. The number of carbonyl (C=O) groups excluding carboxylic acids is 3. The minimum atomic E-state index is -0.544. The standard InChI is InChI=1S/C11H18N2O3/c1-7(2)4-5-10(15)13-6-9(14)12-11(16)8(13)3/h7-8H,4-6H2,1-3H3,(H,12,14,16). The van der Waals surface area contributed by atoms with E-state index in [1.54, 1.807) is 6.92 Å². The third-order valence-corrected chi connectivity index (χ3v) is 2.68. The Labute approximate surface area is 95.2 Å². The molecule has 0 bridgehead atoms. The van der Waals surface area contributed by atoms with Gasteiger partial charge in [-0.25, -0.2) is 0 Å². The number of nitrogens with zero attached hydrogens (tertiary/aromatic N) is 1. The molecule has 0 spiro atoms. The Bertz CT molecular complexity index is 312. The first-order chi connectivity index (χ1) is 7.41. The molecule has 1 fully saturated rings. The van der Waals surface area contributed by atoms with E-state index >= 15 is 0 Å². The molecule has 5 nitrogen and oxygen atoms in total. The van der Waals surface area contributed by atoms with Crippen molar-refractivity contribution in [1.29, 1.82) is 0 Å². The summed E-state index contributed by atoms with van der Waals surface area (Å²) >= 11 is 0. The Morgan fingerprint density at radius 1 is 1.50 bits per heavy atom. The fourth-order valence-corrected chi connectivity index (χ4v) is 1.57. The summed E-state index contributed by atoms with van der Waals surface area (Å²) < 4.78 is 0. The summed E-state index contributed by atoms with van der Waals surface area (Å²) in [5.41, 5.74) is 0. The molecule has 1 aliphatic heterocycles. The van der Waals surface area contributed by atoms with Crippen LogP contribution in [0.2, 0.25) is 0 Å². The lowest BCUT2D eigenvalue weighted by Gasteiger charge is -2.31. The molecule has 1 aliphatic rings. The van der Waals surface area contributed by atoms with E-state index < -0.39 is 17.9 Å². The average molecular weight is 226 g/mol. The zero-order valence-electron chi connectivity index (χ0n) is 9.95. The van der Waals surface area contributed by atoms with Gasteiger partial charge < -0.3 is 4.90 Å². The lowest BCUT2D eigenvalue weighted by molar-refractivity contribution is -0.149. The molecule has 0 aromatic heterocycles. The molecule has 1 unspecified atom stereocenters. The molecule has 5 heteroatoms. The Hall–Kier alpha value is -1.39. The average Bonchev–Trinajstić information content (AvgIpc) is 2.19. The molecule has 1 heterocycles. The second-order valence-electron chi connectivity index (χ2n) is 4.54. The minimum Gasteiger partial charge on any atom is -0.322 e. The molecule has 0 aliphatic carbocycles. The van der Waals surface area contributed by atoms with E-state index in [0.29, 0.717) is 12.3 Å². The lowest BCUT2D eigenvalue weighted by atomic mass is 10.1. The summed E-state index contributed by atoms with van der Waals surface area (Å²) in [4.78, 5) is 35.6. The van der Waals surface area contributed by atoms with Crippen LogP contribution in [0.3, 0.4) is 0 Å². The summed E-state index contributed by atoms with van der Waals surface area (Å²) in [6.45, 7) is 5.69. The number of rotatable bonds is 3. The van der Waals surface area contributed by atoms with Crippen molar-refractivity contribution in [3.8, 4) is 0 Å². The van der Waals surface area contributed by atoms with E-state index in [2.05, 4.69) is 5.32 Å². The highest BCUT2D eigenvalue weighted by Crippen LogP contribution is 2.11. The van der Waals surface area contributed by atoms with E-state index in [4.69, 9.17) is 0 Å². The van der Waals surface area contributed by atoms with E-state index in [9.17, 15) is 14.4 Å². The van der Waals surface area contributed by atoms with Gasteiger partial charge in [0.25, 0.3) is 0 Å². The van der Waals surface area contributed by atoms with Crippen LogP contribution >= 0.6 is 0 Å². The molecule has 0 aromatic carbocycles. The molecule has 16 heavy (non-hydrogen) atoms. The molecule has 90 valence electrons. The smallest absolute Gasteiger partial charge is 0.249 e. The van der Waals surface area contributed by atoms with Gasteiger partial charge in [-0.05, 0) is 19.3 Å². The van der Waals surface area contributed by atoms with Crippen LogP contribution in [-0.2, 0) is 14.4 Å². The van der Waals surface area contributed by atoms with Crippen molar-refractivity contribution in [2.24, 2.45) is 5.92 Å². The van der Waals surface area contributed by atoms with Crippen LogP contribution in [0.4, 0.5) is 0 Å². The van der Waals surface area contributed by atoms with Crippen LogP contribution in [-0.4, -0.2) is 35.2 Å². The highest BCUT2D eigenvalue weighted by atomic mass is 16.2. The first kappa shape index (κ1) is 12.7. The van der Waals surface area contributed by atoms with Crippen LogP contribution in [0.15, 0.2) is 0 Å². The maximum atomic E-state index is 11.8. The van der Waals surface area contributed by atoms with E-state index in [0.717, 1.165) is 6.42 Å². The number of hydrogen-bond acceptors (Lipinski definition) is 3. The van der Waals surface area contributed by atoms with Crippen molar-refractivity contribution in [2.45, 2.75) is 39.7 Å². The van der Waals surface area contributed by atoms with Crippen molar-refractivity contribution in [1.82, 2.24) is 10.2 Å². The van der Waals surface area contributed by atoms with Gasteiger partial charge in [-0.15, -0.1) is 0 Å². The van der Waals surface area contributed by atoms with Crippen molar-refractivity contribution in [3.05, 3.63) is 0 Å². The van der Waals surface area contributed by atoms with Crippen LogP contribution in [0.5, 0.6) is 0 Å². The first-order valence-corrected chi connectivity index (χ1v) is 5.55. The van der Waals surface area contributed by atoms with E-state index in [1.165, 1.54) is 4.90 Å². The van der Waals surface area contributed by atoms with Gasteiger partial charge in [0.1, 0.15) is 12.6 Å². The van der Waals surface area contributed by atoms with Crippen molar-refractivity contribution in [2.75, 3.05) is 6.54 Å². The Balaban J connectivity index is 2.59. The molecular formula is C11H18N2O3. The molecule has 0 radical (unpaired) electrons. The van der Waals surface area contributed by atoms with Gasteiger partial charge in [0.15, 0.2) is 0 Å². The number of amides is 3. The van der Waals surface area contributed by atoms with Gasteiger partial charge >= 0.3 is 0 Å². The third-order valence-electron chi connectivity index (χ3n) is 2.68. The predicted octanol–water partition coefficient (Wildman–Crippen LogP) is 0.296. The maximum Gasteiger partial charge on any atom is 0.249 e. The monoisotopic (exact) mass is 226 g/mol.